The summed E-state index contributed by atoms with van der Waals surface area (Å²) < 4.78 is 7.55. The molecule has 0 unspecified atom stereocenters. The van der Waals surface area contributed by atoms with Crippen LogP contribution in [0, 0.1) is 0 Å². The van der Waals surface area contributed by atoms with Crippen LogP contribution >= 0.6 is 0 Å². The largest absolute Gasteiger partial charge is 0.496 e. The predicted octanol–water partition coefficient (Wildman–Crippen LogP) is 1.03. The van der Waals surface area contributed by atoms with Gasteiger partial charge >= 0.3 is 5.69 Å². The maximum absolute atomic E-state index is 12.6. The fourth-order valence-corrected chi connectivity index (χ4v) is 2.85. The topological polar surface area (TPSA) is 82.3 Å². The molecule has 0 fully saturated rings. The highest BCUT2D eigenvalue weighted by molar-refractivity contribution is 5.79. The van der Waals surface area contributed by atoms with Crippen LogP contribution < -0.4 is 21.3 Å². The Labute approximate surface area is 149 Å². The molecule has 3 aromatic rings. The van der Waals surface area contributed by atoms with E-state index in [0.29, 0.717) is 16.7 Å². The summed E-state index contributed by atoms with van der Waals surface area (Å²) in [6.07, 6.45) is 0. The Morgan fingerprint density at radius 3 is 2.54 bits per heavy atom. The Morgan fingerprint density at radius 1 is 1.08 bits per heavy atom. The average Bonchev–Trinajstić information content (AvgIpc) is 2.68. The van der Waals surface area contributed by atoms with Crippen molar-refractivity contribution < 1.29 is 9.53 Å². The van der Waals surface area contributed by atoms with Gasteiger partial charge in [0.25, 0.3) is 5.56 Å². The zero-order chi connectivity index (χ0) is 18.7. The number of nitrogens with zero attached hydrogens (tertiary/aromatic N) is 2. The highest BCUT2D eigenvalue weighted by Gasteiger charge is 2.13. The number of amides is 1. The number of ether oxygens (including phenoxy) is 1. The fraction of sp³-hybridized carbons (Fsp3) is 0.211. The van der Waals surface area contributed by atoms with Crippen molar-refractivity contribution in [2.45, 2.75) is 13.1 Å². The summed E-state index contributed by atoms with van der Waals surface area (Å²) in [5.74, 6) is 0.233. The van der Waals surface area contributed by atoms with E-state index in [-0.39, 0.29) is 13.1 Å². The van der Waals surface area contributed by atoms with Crippen LogP contribution in [0.3, 0.4) is 0 Å². The van der Waals surface area contributed by atoms with E-state index in [4.69, 9.17) is 4.74 Å². The first-order chi connectivity index (χ1) is 12.5. The minimum absolute atomic E-state index is 0.242. The number of aryl methyl sites for hydroxylation is 1. The Bertz CT molecular complexity index is 1080. The molecule has 0 radical (unpaired) electrons. The zero-order valence-electron chi connectivity index (χ0n) is 14.6. The van der Waals surface area contributed by atoms with Gasteiger partial charge in [-0.05, 0) is 18.2 Å². The van der Waals surface area contributed by atoms with Crippen molar-refractivity contribution in [1.82, 2.24) is 14.5 Å². The van der Waals surface area contributed by atoms with Crippen molar-refractivity contribution >= 4 is 16.8 Å². The van der Waals surface area contributed by atoms with Crippen molar-refractivity contribution in [2.75, 3.05) is 7.11 Å². The molecule has 1 N–H and O–H groups in total. The second kappa shape index (κ2) is 7.26. The number of benzene rings is 2. The number of hydrogen-bond donors (Lipinski definition) is 1. The molecular weight excluding hydrogens is 334 g/mol. The van der Waals surface area contributed by atoms with Crippen molar-refractivity contribution in [3.8, 4) is 5.75 Å². The summed E-state index contributed by atoms with van der Waals surface area (Å²) in [5.41, 5.74) is 0.340. The number of fused-ring (bicyclic) bond motifs is 1. The van der Waals surface area contributed by atoms with Crippen LogP contribution in [-0.4, -0.2) is 22.2 Å². The standard InChI is InChI=1S/C19H19N3O4/c1-21-15-9-5-4-8-14(15)18(24)22(19(21)25)12-17(23)20-11-13-7-3-6-10-16(13)26-2/h3-10H,11-12H2,1-2H3,(H,20,23). The van der Waals surface area contributed by atoms with Gasteiger partial charge in [0, 0.05) is 19.2 Å². The first kappa shape index (κ1) is 17.5. The van der Waals surface area contributed by atoms with E-state index in [1.165, 1.54) is 4.57 Å². The van der Waals surface area contributed by atoms with Gasteiger partial charge in [-0.2, -0.15) is 0 Å². The summed E-state index contributed by atoms with van der Waals surface area (Å²) in [6, 6.07) is 14.1. The number of rotatable bonds is 5. The van der Waals surface area contributed by atoms with E-state index < -0.39 is 17.2 Å². The number of para-hydroxylation sites is 2. The van der Waals surface area contributed by atoms with Crippen LogP contribution in [0.2, 0.25) is 0 Å². The normalized spacial score (nSPS) is 10.7. The molecule has 1 heterocycles. The highest BCUT2D eigenvalue weighted by Crippen LogP contribution is 2.16. The minimum atomic E-state index is -0.527. The van der Waals surface area contributed by atoms with Crippen LogP contribution in [0.1, 0.15) is 5.56 Å². The van der Waals surface area contributed by atoms with Crippen LogP contribution in [0.4, 0.5) is 0 Å². The monoisotopic (exact) mass is 353 g/mol. The van der Waals surface area contributed by atoms with Gasteiger partial charge in [0.15, 0.2) is 0 Å². The fourth-order valence-electron chi connectivity index (χ4n) is 2.85. The summed E-state index contributed by atoms with van der Waals surface area (Å²) in [6.45, 7) is -0.100. The van der Waals surface area contributed by atoms with E-state index in [0.717, 1.165) is 10.1 Å². The Hall–Kier alpha value is -3.35. The van der Waals surface area contributed by atoms with Gasteiger partial charge in [-0.3, -0.25) is 18.7 Å². The molecule has 2 aromatic carbocycles. The van der Waals surface area contributed by atoms with Gasteiger partial charge in [-0.1, -0.05) is 30.3 Å². The van der Waals surface area contributed by atoms with E-state index in [2.05, 4.69) is 5.32 Å². The molecule has 7 heteroatoms. The van der Waals surface area contributed by atoms with E-state index >= 15 is 0 Å². The van der Waals surface area contributed by atoms with Gasteiger partial charge in [0.2, 0.25) is 5.91 Å². The first-order valence-corrected chi connectivity index (χ1v) is 8.10. The number of nitrogens with one attached hydrogen (secondary N) is 1. The lowest BCUT2D eigenvalue weighted by Gasteiger charge is -2.12. The van der Waals surface area contributed by atoms with Crippen molar-refractivity contribution in [3.63, 3.8) is 0 Å². The second-order valence-corrected chi connectivity index (χ2v) is 5.84. The van der Waals surface area contributed by atoms with Crippen LogP contribution in [-0.2, 0) is 24.9 Å². The summed E-state index contributed by atoms with van der Waals surface area (Å²) in [5, 5.41) is 3.11. The van der Waals surface area contributed by atoms with Gasteiger partial charge in [0.1, 0.15) is 12.3 Å². The van der Waals surface area contributed by atoms with E-state index in [1.54, 1.807) is 44.5 Å². The van der Waals surface area contributed by atoms with Crippen molar-refractivity contribution in [3.05, 3.63) is 74.9 Å². The Morgan fingerprint density at radius 2 is 1.77 bits per heavy atom. The van der Waals surface area contributed by atoms with Crippen molar-refractivity contribution in [2.24, 2.45) is 7.05 Å². The number of aromatic nitrogens is 2. The van der Waals surface area contributed by atoms with Gasteiger partial charge in [0.05, 0.1) is 18.0 Å². The summed E-state index contributed by atoms with van der Waals surface area (Å²) >= 11 is 0. The number of carbonyl (C=O) groups excluding carboxylic acids is 1. The first-order valence-electron chi connectivity index (χ1n) is 8.10. The Kier molecular flexibility index (Phi) is 4.88. The third-order valence-corrected chi connectivity index (χ3v) is 4.23. The molecule has 0 aliphatic carbocycles. The van der Waals surface area contributed by atoms with E-state index in [9.17, 15) is 14.4 Å². The molecule has 0 aliphatic rings. The molecule has 0 aliphatic heterocycles. The Balaban J connectivity index is 1.84. The molecule has 134 valence electrons. The molecule has 0 atom stereocenters. The molecule has 0 bridgehead atoms. The molecule has 1 aromatic heterocycles. The molecule has 0 saturated carbocycles. The maximum Gasteiger partial charge on any atom is 0.331 e. The molecule has 0 spiro atoms. The molecule has 0 saturated heterocycles. The summed E-state index contributed by atoms with van der Waals surface area (Å²) in [4.78, 5) is 37.3. The third kappa shape index (κ3) is 3.23. The molecular formula is C19H19N3O4. The summed E-state index contributed by atoms with van der Waals surface area (Å²) in [7, 11) is 3.13. The lowest BCUT2D eigenvalue weighted by atomic mass is 10.2. The third-order valence-electron chi connectivity index (χ3n) is 4.23. The average molecular weight is 353 g/mol. The smallest absolute Gasteiger partial charge is 0.331 e. The highest BCUT2D eigenvalue weighted by atomic mass is 16.5. The number of methoxy groups -OCH3 is 1. The molecule has 26 heavy (non-hydrogen) atoms. The van der Waals surface area contributed by atoms with E-state index in [1.807, 2.05) is 18.2 Å². The zero-order valence-corrected chi connectivity index (χ0v) is 14.6. The molecule has 3 rings (SSSR count). The number of hydrogen-bond acceptors (Lipinski definition) is 4. The van der Waals surface area contributed by atoms with Crippen molar-refractivity contribution in [1.29, 1.82) is 0 Å². The van der Waals surface area contributed by atoms with Gasteiger partial charge in [-0.25, -0.2) is 4.79 Å². The SMILES string of the molecule is COc1ccccc1CNC(=O)Cn1c(=O)c2ccccc2n(C)c1=O. The van der Waals surface area contributed by atoms with Crippen LogP contribution in [0.25, 0.3) is 10.9 Å². The lowest BCUT2D eigenvalue weighted by Crippen LogP contribution is -2.43. The second-order valence-electron chi connectivity index (χ2n) is 5.84. The quantitative estimate of drug-likeness (QED) is 0.743. The van der Waals surface area contributed by atoms with Gasteiger partial charge < -0.3 is 10.1 Å². The molecule has 1 amide bonds. The van der Waals surface area contributed by atoms with Crippen LogP contribution in [0.5, 0.6) is 5.75 Å². The van der Waals surface area contributed by atoms with Gasteiger partial charge in [-0.15, -0.1) is 0 Å². The number of carbonyl (C=O) groups is 1. The lowest BCUT2D eigenvalue weighted by molar-refractivity contribution is -0.121. The minimum Gasteiger partial charge on any atom is -0.496 e. The van der Waals surface area contributed by atoms with Crippen LogP contribution in [0.15, 0.2) is 58.1 Å². The predicted molar refractivity (Wildman–Crippen MR) is 98.3 cm³/mol. The maximum atomic E-state index is 12.6. The molecule has 7 nitrogen and oxygen atoms in total.